The summed E-state index contributed by atoms with van der Waals surface area (Å²) in [5.74, 6) is 2.83. The van der Waals surface area contributed by atoms with Crippen LogP contribution in [0.25, 0.3) is 11.5 Å². The van der Waals surface area contributed by atoms with Crippen molar-refractivity contribution in [1.82, 2.24) is 19.8 Å². The number of benzene rings is 1. The highest BCUT2D eigenvalue weighted by atomic mass is 35.5. The highest BCUT2D eigenvalue weighted by molar-refractivity contribution is 6.30. The molecule has 2 saturated heterocycles. The number of ketones is 1. The van der Waals surface area contributed by atoms with Crippen LogP contribution in [0.2, 0.25) is 5.02 Å². The van der Waals surface area contributed by atoms with Crippen molar-refractivity contribution >= 4 is 17.4 Å². The molecule has 1 aromatic carbocycles. The second-order valence-electron chi connectivity index (χ2n) is 10.9. The molecule has 0 bridgehead atoms. The molecule has 38 heavy (non-hydrogen) atoms. The van der Waals surface area contributed by atoms with Crippen molar-refractivity contribution in [3.8, 4) is 11.5 Å². The summed E-state index contributed by atoms with van der Waals surface area (Å²) in [7, 11) is 0. The summed E-state index contributed by atoms with van der Waals surface area (Å²) in [6.07, 6.45) is 11.0. The van der Waals surface area contributed by atoms with Crippen LogP contribution in [0.5, 0.6) is 0 Å². The Morgan fingerprint density at radius 1 is 0.947 bits per heavy atom. The van der Waals surface area contributed by atoms with Crippen molar-refractivity contribution in [2.75, 3.05) is 32.7 Å². The van der Waals surface area contributed by atoms with Gasteiger partial charge in [-0.15, -0.1) is 0 Å². The van der Waals surface area contributed by atoms with Crippen molar-refractivity contribution in [3.05, 3.63) is 70.8 Å². The monoisotopic (exact) mass is 534 g/mol. The number of rotatable bonds is 10. The molecular formula is C31H39ClN4O2. The Kier molecular flexibility index (Phi) is 9.26. The first kappa shape index (κ1) is 27.0. The molecule has 3 aromatic rings. The number of carbonyl (C=O) groups is 1. The SMILES string of the molecule is Cc1oc(-c2ccc(Cl)cc2)nc1CN1CCC(C(=O)CCCCN2CCC(c3ccncc3)CC2)CC1. The van der Waals surface area contributed by atoms with Gasteiger partial charge in [-0.2, -0.15) is 0 Å². The topological polar surface area (TPSA) is 62.5 Å². The van der Waals surface area contributed by atoms with E-state index < -0.39 is 0 Å². The fourth-order valence-corrected chi connectivity index (χ4v) is 6.01. The Morgan fingerprint density at radius 3 is 2.34 bits per heavy atom. The lowest BCUT2D eigenvalue weighted by Gasteiger charge is -2.32. The Morgan fingerprint density at radius 2 is 1.63 bits per heavy atom. The summed E-state index contributed by atoms with van der Waals surface area (Å²) in [6, 6.07) is 11.9. The van der Waals surface area contributed by atoms with Gasteiger partial charge in [-0.1, -0.05) is 11.6 Å². The quantitative estimate of drug-likeness (QED) is 0.276. The third-order valence-electron chi connectivity index (χ3n) is 8.31. The first-order valence-electron chi connectivity index (χ1n) is 14.1. The first-order valence-corrected chi connectivity index (χ1v) is 14.5. The predicted octanol–water partition coefficient (Wildman–Crippen LogP) is 6.53. The average molecular weight is 535 g/mol. The summed E-state index contributed by atoms with van der Waals surface area (Å²) in [5.41, 5.74) is 3.34. The van der Waals surface area contributed by atoms with E-state index in [-0.39, 0.29) is 5.92 Å². The van der Waals surface area contributed by atoms with Gasteiger partial charge in [0.05, 0.1) is 5.69 Å². The van der Waals surface area contributed by atoms with E-state index in [0.29, 0.717) is 22.6 Å². The second kappa shape index (κ2) is 13.0. The number of unbranched alkanes of at least 4 members (excludes halogenated alkanes) is 1. The minimum absolute atomic E-state index is 0.213. The smallest absolute Gasteiger partial charge is 0.226 e. The van der Waals surface area contributed by atoms with Crippen molar-refractivity contribution in [1.29, 1.82) is 0 Å². The molecule has 2 aliphatic rings. The van der Waals surface area contributed by atoms with Gasteiger partial charge < -0.3 is 9.32 Å². The molecule has 2 aliphatic heterocycles. The van der Waals surface area contributed by atoms with Crippen molar-refractivity contribution in [2.45, 2.75) is 64.3 Å². The van der Waals surface area contributed by atoms with Crippen LogP contribution in [0.15, 0.2) is 53.2 Å². The molecule has 0 unspecified atom stereocenters. The molecule has 6 nitrogen and oxygen atoms in total. The molecule has 202 valence electrons. The number of hydrogen-bond acceptors (Lipinski definition) is 6. The maximum atomic E-state index is 12.9. The van der Waals surface area contributed by atoms with E-state index in [1.54, 1.807) is 0 Å². The molecular weight excluding hydrogens is 496 g/mol. The number of halogens is 1. The van der Waals surface area contributed by atoms with E-state index in [1.807, 2.05) is 43.6 Å². The standard InChI is InChI=1S/C31H39ClN4O2/c1-23-29(34-31(38-23)27-5-7-28(32)8-6-27)22-36-20-13-26(14-21-36)30(37)4-2-3-17-35-18-11-25(12-19-35)24-9-15-33-16-10-24/h5-10,15-16,25-26H,2-4,11-14,17-22H2,1H3. The number of oxazole rings is 1. The number of pyridine rings is 1. The first-order chi connectivity index (χ1) is 18.5. The zero-order valence-electron chi connectivity index (χ0n) is 22.4. The average Bonchev–Trinajstić information content (AvgIpc) is 3.32. The van der Waals surface area contributed by atoms with Crippen LogP contribution in [-0.2, 0) is 11.3 Å². The number of nitrogens with zero attached hydrogens (tertiary/aromatic N) is 4. The number of Topliss-reactive ketones (excluding diaryl/α,β-unsaturated/α-hetero) is 1. The van der Waals surface area contributed by atoms with E-state index in [1.165, 1.54) is 18.4 Å². The Balaban J connectivity index is 0.982. The van der Waals surface area contributed by atoms with E-state index in [9.17, 15) is 4.79 Å². The number of aryl methyl sites for hydroxylation is 1. The molecule has 4 heterocycles. The van der Waals surface area contributed by atoms with Crippen LogP contribution in [0.1, 0.15) is 67.9 Å². The minimum Gasteiger partial charge on any atom is -0.441 e. The second-order valence-corrected chi connectivity index (χ2v) is 11.3. The number of carbonyl (C=O) groups excluding carboxylic acids is 1. The van der Waals surface area contributed by atoms with Crippen molar-refractivity contribution < 1.29 is 9.21 Å². The fourth-order valence-electron chi connectivity index (χ4n) is 5.88. The maximum Gasteiger partial charge on any atom is 0.226 e. The van der Waals surface area contributed by atoms with Crippen LogP contribution in [0, 0.1) is 12.8 Å². The van der Waals surface area contributed by atoms with Gasteiger partial charge in [-0.25, -0.2) is 4.98 Å². The van der Waals surface area contributed by atoms with Gasteiger partial charge in [0, 0.05) is 41.9 Å². The number of likely N-dealkylation sites (tertiary alicyclic amines) is 2. The minimum atomic E-state index is 0.213. The fraction of sp³-hybridized carbons (Fsp3) is 0.516. The molecule has 0 amide bonds. The van der Waals surface area contributed by atoms with E-state index >= 15 is 0 Å². The highest BCUT2D eigenvalue weighted by Gasteiger charge is 2.26. The van der Waals surface area contributed by atoms with E-state index in [4.69, 9.17) is 21.0 Å². The van der Waals surface area contributed by atoms with Crippen LogP contribution in [0.4, 0.5) is 0 Å². The molecule has 0 atom stereocenters. The largest absolute Gasteiger partial charge is 0.441 e. The molecule has 0 radical (unpaired) electrons. The van der Waals surface area contributed by atoms with Crippen molar-refractivity contribution in [2.24, 2.45) is 5.92 Å². The molecule has 0 spiro atoms. The molecule has 5 rings (SSSR count). The normalized spacial score (nSPS) is 18.2. The third-order valence-corrected chi connectivity index (χ3v) is 8.56. The van der Waals surface area contributed by atoms with E-state index in [2.05, 4.69) is 26.9 Å². The predicted molar refractivity (Wildman–Crippen MR) is 151 cm³/mol. The number of piperidine rings is 2. The van der Waals surface area contributed by atoms with Gasteiger partial charge in [0.25, 0.3) is 0 Å². The van der Waals surface area contributed by atoms with Crippen LogP contribution in [-0.4, -0.2) is 58.3 Å². The lowest BCUT2D eigenvalue weighted by molar-refractivity contribution is -0.124. The Bertz CT molecular complexity index is 1160. The third kappa shape index (κ3) is 7.10. The van der Waals surface area contributed by atoms with Crippen LogP contribution in [0.3, 0.4) is 0 Å². The molecule has 7 heteroatoms. The summed E-state index contributed by atoms with van der Waals surface area (Å²) < 4.78 is 5.92. The zero-order chi connectivity index (χ0) is 26.3. The van der Waals surface area contributed by atoms with Crippen molar-refractivity contribution in [3.63, 3.8) is 0 Å². The molecule has 0 saturated carbocycles. The number of aromatic nitrogens is 2. The van der Waals surface area contributed by atoms with Gasteiger partial charge in [-0.05, 0) is 126 Å². The lowest BCUT2D eigenvalue weighted by Crippen LogP contribution is -2.36. The van der Waals surface area contributed by atoms with Gasteiger partial charge in [-0.3, -0.25) is 14.7 Å². The van der Waals surface area contributed by atoms with Crippen LogP contribution >= 0.6 is 11.6 Å². The Hall–Kier alpha value is -2.54. The molecule has 2 fully saturated rings. The lowest BCUT2D eigenvalue weighted by atomic mass is 9.89. The summed E-state index contributed by atoms with van der Waals surface area (Å²) in [6.45, 7) is 8.04. The molecule has 2 aromatic heterocycles. The molecule has 0 aliphatic carbocycles. The maximum absolute atomic E-state index is 12.9. The zero-order valence-corrected chi connectivity index (χ0v) is 23.2. The summed E-state index contributed by atoms with van der Waals surface area (Å²) in [5, 5.41) is 0.701. The van der Waals surface area contributed by atoms with Gasteiger partial charge in [0.15, 0.2) is 0 Å². The molecule has 0 N–H and O–H groups in total. The van der Waals surface area contributed by atoms with Gasteiger partial charge in [0.2, 0.25) is 5.89 Å². The van der Waals surface area contributed by atoms with Gasteiger partial charge in [0.1, 0.15) is 11.5 Å². The Labute approximate surface area is 231 Å². The summed E-state index contributed by atoms with van der Waals surface area (Å²) >= 11 is 6.00. The van der Waals surface area contributed by atoms with Crippen LogP contribution < -0.4 is 0 Å². The highest BCUT2D eigenvalue weighted by Crippen LogP contribution is 2.28. The van der Waals surface area contributed by atoms with Gasteiger partial charge >= 0.3 is 0 Å². The number of hydrogen-bond donors (Lipinski definition) is 0. The summed E-state index contributed by atoms with van der Waals surface area (Å²) in [4.78, 5) is 26.7. The van der Waals surface area contributed by atoms with E-state index in [0.717, 1.165) is 88.4 Å².